The molecule has 72 heavy (non-hydrogen) atoms. The van der Waals surface area contributed by atoms with E-state index in [1.165, 1.54) is 0 Å². The van der Waals surface area contributed by atoms with Gasteiger partial charge in [-0.3, -0.25) is 32.8 Å². The normalized spacial score (nSPS) is 11.7. The Kier molecular flexibility index (Phi) is 14.9. The zero-order chi connectivity index (χ0) is 52.3. The van der Waals surface area contributed by atoms with Crippen LogP contribution in [0.3, 0.4) is 0 Å². The topological polar surface area (TPSA) is 160 Å². The second-order valence-corrected chi connectivity index (χ2v) is 26.1. The Morgan fingerprint density at radius 2 is 1.10 bits per heavy atom. The standard InChI is InChI=1S/C32H38N4O3Si.C26H24N4O2/c1-23-15-16-26(20-29(23)36-28-14-9-8-13-27(28)34(4)31(36)38)35(22-39-17-18-40(5,6)7)30(37)24-11-10-12-25(19-24)32(2,3)21-33;1-17-12-13-20(28-24(31)18-8-7-9-19(14-18)26(2,3)16-27)15-23(17)30-22-11-6-5-10-21(22)29(4)25(30)32/h8-16,19-20H,17-18,22H2,1-7H3;5-15H,1-4H3,(H,28,31). The summed E-state index contributed by atoms with van der Waals surface area (Å²) < 4.78 is 12.7. The van der Waals surface area contributed by atoms with Crippen LogP contribution in [0.5, 0.6) is 0 Å². The Labute approximate surface area is 421 Å². The van der Waals surface area contributed by atoms with Crippen molar-refractivity contribution in [1.82, 2.24) is 18.3 Å². The molecular formula is C58H62N8O5Si. The third kappa shape index (κ3) is 10.8. The number of benzene rings is 6. The predicted octanol–water partition coefficient (Wildman–Crippen LogP) is 11.1. The molecule has 0 bridgehead atoms. The van der Waals surface area contributed by atoms with Crippen molar-refractivity contribution in [2.24, 2.45) is 14.1 Å². The number of aryl methyl sites for hydroxylation is 4. The average Bonchev–Trinajstić information content (AvgIpc) is 3.77. The minimum atomic E-state index is -1.32. The molecule has 0 saturated carbocycles. The maximum atomic E-state index is 14.0. The van der Waals surface area contributed by atoms with Crippen molar-refractivity contribution >= 4 is 53.3 Å². The quantitative estimate of drug-likeness (QED) is 0.0683. The van der Waals surface area contributed by atoms with Gasteiger partial charge in [0.1, 0.15) is 6.73 Å². The van der Waals surface area contributed by atoms with Crippen molar-refractivity contribution in [3.05, 3.63) is 188 Å². The summed E-state index contributed by atoms with van der Waals surface area (Å²) in [7, 11) is 2.19. The molecule has 0 atom stereocenters. The van der Waals surface area contributed by atoms with E-state index < -0.39 is 18.9 Å². The number of imidazole rings is 2. The second kappa shape index (κ2) is 20.7. The number of rotatable bonds is 13. The van der Waals surface area contributed by atoms with Crippen molar-refractivity contribution in [1.29, 1.82) is 10.5 Å². The first-order valence-corrected chi connectivity index (χ1v) is 27.6. The fourth-order valence-corrected chi connectivity index (χ4v) is 9.11. The summed E-state index contributed by atoms with van der Waals surface area (Å²) in [5.41, 5.74) is 8.48. The monoisotopic (exact) mass is 978 g/mol. The van der Waals surface area contributed by atoms with Gasteiger partial charge >= 0.3 is 11.4 Å². The van der Waals surface area contributed by atoms with Crippen LogP contribution in [0.15, 0.2) is 143 Å². The van der Waals surface area contributed by atoms with E-state index in [1.54, 1.807) is 67.6 Å². The van der Waals surface area contributed by atoms with Crippen LogP contribution in [0.25, 0.3) is 33.4 Å². The van der Waals surface area contributed by atoms with Gasteiger partial charge in [0.25, 0.3) is 11.8 Å². The lowest BCUT2D eigenvalue weighted by atomic mass is 9.85. The van der Waals surface area contributed by atoms with Gasteiger partial charge in [0.15, 0.2) is 0 Å². The average molecular weight is 979 g/mol. The lowest BCUT2D eigenvalue weighted by molar-refractivity contribution is 0.0900. The van der Waals surface area contributed by atoms with Gasteiger partial charge in [0, 0.05) is 51.3 Å². The van der Waals surface area contributed by atoms with E-state index in [9.17, 15) is 29.7 Å². The largest absolute Gasteiger partial charge is 0.361 e. The maximum Gasteiger partial charge on any atom is 0.333 e. The lowest BCUT2D eigenvalue weighted by Crippen LogP contribution is -2.34. The third-order valence-electron chi connectivity index (χ3n) is 13.1. The van der Waals surface area contributed by atoms with Crippen LogP contribution >= 0.6 is 0 Å². The fraction of sp³-hybridized carbons (Fsp3) is 0.276. The van der Waals surface area contributed by atoms with E-state index in [2.05, 4.69) is 37.1 Å². The second-order valence-electron chi connectivity index (χ2n) is 20.5. The summed E-state index contributed by atoms with van der Waals surface area (Å²) in [6.45, 7) is 18.7. The van der Waals surface area contributed by atoms with Gasteiger partial charge in [0.2, 0.25) is 0 Å². The van der Waals surface area contributed by atoms with Gasteiger partial charge in [-0.05, 0) is 143 Å². The highest BCUT2D eigenvalue weighted by atomic mass is 28.3. The smallest absolute Gasteiger partial charge is 0.333 e. The first-order valence-electron chi connectivity index (χ1n) is 23.9. The van der Waals surface area contributed by atoms with Gasteiger partial charge in [0.05, 0.1) is 56.4 Å². The Bertz CT molecular complexity index is 3570. The SMILES string of the molecule is Cc1ccc(N(COCC[Si](C)(C)C)C(=O)c2cccc(C(C)(C)C#N)c2)cc1-n1c(=O)n(C)c2ccccc21.Cc1ccc(NC(=O)c2cccc(C(C)(C)C#N)c2)cc1-n1c(=O)n(C)c2ccccc21. The van der Waals surface area contributed by atoms with Crippen LogP contribution in [-0.4, -0.2) is 51.5 Å². The van der Waals surface area contributed by atoms with Crippen LogP contribution in [-0.2, 0) is 29.7 Å². The highest BCUT2D eigenvalue weighted by molar-refractivity contribution is 6.76. The number of para-hydroxylation sites is 4. The zero-order valence-corrected chi connectivity index (χ0v) is 44.0. The molecule has 2 aromatic heterocycles. The van der Waals surface area contributed by atoms with Gasteiger partial charge in [-0.15, -0.1) is 0 Å². The molecular weight excluding hydrogens is 917 g/mol. The summed E-state index contributed by atoms with van der Waals surface area (Å²) in [6, 6.07) is 46.3. The summed E-state index contributed by atoms with van der Waals surface area (Å²) >= 11 is 0. The number of nitrogens with one attached hydrogen (secondary N) is 1. The summed E-state index contributed by atoms with van der Waals surface area (Å²) in [4.78, 5) is 54.9. The Morgan fingerprint density at radius 1 is 0.625 bits per heavy atom. The van der Waals surface area contributed by atoms with Crippen molar-refractivity contribution < 1.29 is 14.3 Å². The van der Waals surface area contributed by atoms with E-state index in [0.29, 0.717) is 40.5 Å². The van der Waals surface area contributed by atoms with Gasteiger partial charge in [-0.1, -0.05) is 80.3 Å². The molecule has 0 aliphatic heterocycles. The molecule has 0 unspecified atom stereocenters. The van der Waals surface area contributed by atoms with E-state index in [1.807, 2.05) is 145 Å². The van der Waals surface area contributed by atoms with E-state index >= 15 is 0 Å². The zero-order valence-electron chi connectivity index (χ0n) is 43.0. The fourth-order valence-electron chi connectivity index (χ4n) is 8.35. The number of nitrogens with zero attached hydrogens (tertiary/aromatic N) is 7. The minimum absolute atomic E-state index is 0.0715. The molecule has 368 valence electrons. The number of nitriles is 2. The van der Waals surface area contributed by atoms with E-state index in [-0.39, 0.29) is 29.9 Å². The molecule has 0 radical (unpaired) electrons. The molecule has 0 aliphatic rings. The number of ether oxygens (including phenoxy) is 1. The van der Waals surface area contributed by atoms with E-state index in [4.69, 9.17) is 4.74 Å². The number of hydrogen-bond acceptors (Lipinski definition) is 7. The Balaban J connectivity index is 0.000000216. The summed E-state index contributed by atoms with van der Waals surface area (Å²) in [6.07, 6.45) is 0. The van der Waals surface area contributed by atoms with Crippen molar-refractivity contribution in [3.8, 4) is 23.5 Å². The van der Waals surface area contributed by atoms with Crippen molar-refractivity contribution in [2.75, 3.05) is 23.6 Å². The van der Waals surface area contributed by atoms with Crippen LogP contribution in [0.2, 0.25) is 25.7 Å². The molecule has 14 heteroatoms. The maximum absolute atomic E-state index is 14.0. The number of carbonyl (C=O) groups excluding carboxylic acids is 2. The van der Waals surface area contributed by atoms with E-state index in [0.717, 1.165) is 50.4 Å². The predicted molar refractivity (Wildman–Crippen MR) is 290 cm³/mol. The first-order chi connectivity index (χ1) is 34.1. The van der Waals surface area contributed by atoms with Crippen LogP contribution in [0.4, 0.5) is 11.4 Å². The molecule has 2 amide bonds. The van der Waals surface area contributed by atoms with Gasteiger partial charge < -0.3 is 10.1 Å². The molecule has 0 aliphatic carbocycles. The van der Waals surface area contributed by atoms with Crippen LogP contribution in [0.1, 0.15) is 70.7 Å². The molecule has 0 spiro atoms. The highest BCUT2D eigenvalue weighted by Gasteiger charge is 2.26. The van der Waals surface area contributed by atoms with Crippen molar-refractivity contribution in [3.63, 3.8) is 0 Å². The molecule has 2 heterocycles. The van der Waals surface area contributed by atoms with Crippen LogP contribution in [0, 0.1) is 36.5 Å². The summed E-state index contributed by atoms with van der Waals surface area (Å²) in [5.74, 6) is -0.510. The summed E-state index contributed by atoms with van der Waals surface area (Å²) in [5, 5.41) is 22.0. The number of carbonyl (C=O) groups is 2. The number of hydrogen-bond donors (Lipinski definition) is 1. The molecule has 8 rings (SSSR count). The molecule has 13 nitrogen and oxygen atoms in total. The Morgan fingerprint density at radius 3 is 1.61 bits per heavy atom. The molecule has 0 saturated heterocycles. The van der Waals surface area contributed by atoms with Crippen molar-refractivity contribution in [2.45, 2.75) is 78.1 Å². The lowest BCUT2D eigenvalue weighted by Gasteiger charge is -2.26. The number of aromatic nitrogens is 4. The molecule has 0 fully saturated rings. The number of fused-ring (bicyclic) bond motifs is 2. The molecule has 8 aromatic rings. The van der Waals surface area contributed by atoms with Gasteiger partial charge in [-0.25, -0.2) is 9.59 Å². The molecule has 6 aromatic carbocycles. The van der Waals surface area contributed by atoms with Crippen LogP contribution < -0.4 is 21.6 Å². The minimum Gasteiger partial charge on any atom is -0.361 e. The number of amides is 2. The first kappa shape index (κ1) is 51.8. The highest BCUT2D eigenvalue weighted by Crippen LogP contribution is 2.30. The third-order valence-corrected chi connectivity index (χ3v) is 14.8. The van der Waals surface area contributed by atoms with Gasteiger partial charge in [-0.2, -0.15) is 10.5 Å². The molecule has 1 N–H and O–H groups in total. The number of anilines is 2. The Hall–Kier alpha value is -8.04.